The van der Waals surface area contributed by atoms with Gasteiger partial charge in [-0.2, -0.15) is 0 Å². The van der Waals surface area contributed by atoms with Crippen LogP contribution in [0.15, 0.2) is 24.3 Å². The van der Waals surface area contributed by atoms with E-state index in [-0.39, 0.29) is 11.9 Å². The second kappa shape index (κ2) is 6.95. The number of rotatable bonds is 3. The number of carbonyl (C=O) groups is 2. The highest BCUT2D eigenvalue weighted by molar-refractivity contribution is 7.22. The van der Waals surface area contributed by atoms with Crippen LogP contribution >= 0.6 is 11.3 Å². The number of thiazole rings is 1. The number of hydrogen-bond acceptors (Lipinski definition) is 4. The van der Waals surface area contributed by atoms with Crippen molar-refractivity contribution < 1.29 is 9.59 Å². The Morgan fingerprint density at radius 2 is 2.04 bits per heavy atom. The summed E-state index contributed by atoms with van der Waals surface area (Å²) >= 11 is 1.48. The molecule has 23 heavy (non-hydrogen) atoms. The highest BCUT2D eigenvalue weighted by atomic mass is 32.1. The lowest BCUT2D eigenvalue weighted by atomic mass is 9.97. The Hall–Kier alpha value is -2.15. The summed E-state index contributed by atoms with van der Waals surface area (Å²) in [5, 5.41) is 6.37. The SMILES string of the molecule is CC(=O)NCC1CCN(C(=O)Nc2nc3ccccc3s2)CC1. The lowest BCUT2D eigenvalue weighted by Gasteiger charge is -2.31. The van der Waals surface area contributed by atoms with Gasteiger partial charge < -0.3 is 10.2 Å². The van der Waals surface area contributed by atoms with Crippen molar-refractivity contribution in [1.82, 2.24) is 15.2 Å². The van der Waals surface area contributed by atoms with E-state index in [9.17, 15) is 9.59 Å². The van der Waals surface area contributed by atoms with Crippen molar-refractivity contribution in [3.63, 3.8) is 0 Å². The summed E-state index contributed by atoms with van der Waals surface area (Å²) in [5.74, 6) is 0.450. The Morgan fingerprint density at radius 1 is 1.30 bits per heavy atom. The molecule has 1 saturated heterocycles. The fourth-order valence-electron chi connectivity index (χ4n) is 2.72. The molecule has 0 saturated carbocycles. The van der Waals surface area contributed by atoms with Gasteiger partial charge in [-0.25, -0.2) is 9.78 Å². The summed E-state index contributed by atoms with van der Waals surface area (Å²) in [6.07, 6.45) is 1.82. The second-order valence-electron chi connectivity index (χ2n) is 5.78. The van der Waals surface area contributed by atoms with Gasteiger partial charge in [-0.05, 0) is 30.9 Å². The normalized spacial score (nSPS) is 15.6. The zero-order valence-corrected chi connectivity index (χ0v) is 13.9. The molecule has 0 spiro atoms. The molecule has 1 aliphatic rings. The first-order valence-corrected chi connectivity index (χ1v) is 8.59. The van der Waals surface area contributed by atoms with Gasteiger partial charge in [0.05, 0.1) is 10.2 Å². The first-order chi connectivity index (χ1) is 11.1. The van der Waals surface area contributed by atoms with E-state index < -0.39 is 0 Å². The predicted octanol–water partition coefficient (Wildman–Crippen LogP) is 2.68. The number of piperidine rings is 1. The molecule has 6 nitrogen and oxygen atoms in total. The number of carbonyl (C=O) groups excluding carboxylic acids is 2. The molecule has 0 unspecified atom stereocenters. The molecule has 0 atom stereocenters. The summed E-state index contributed by atoms with van der Waals surface area (Å²) in [4.78, 5) is 29.5. The fraction of sp³-hybridized carbons (Fsp3) is 0.438. The van der Waals surface area contributed by atoms with Gasteiger partial charge in [0.25, 0.3) is 0 Å². The van der Waals surface area contributed by atoms with Gasteiger partial charge in [0.1, 0.15) is 0 Å². The molecule has 2 aromatic rings. The molecule has 3 rings (SSSR count). The highest BCUT2D eigenvalue weighted by Gasteiger charge is 2.23. The number of nitrogens with one attached hydrogen (secondary N) is 2. The van der Waals surface area contributed by atoms with Crippen LogP contribution in [0.3, 0.4) is 0 Å². The topological polar surface area (TPSA) is 74.3 Å². The largest absolute Gasteiger partial charge is 0.356 e. The van der Waals surface area contributed by atoms with Crippen molar-refractivity contribution in [3.05, 3.63) is 24.3 Å². The number of fused-ring (bicyclic) bond motifs is 1. The zero-order valence-electron chi connectivity index (χ0n) is 13.0. The maximum atomic E-state index is 12.3. The summed E-state index contributed by atoms with van der Waals surface area (Å²) < 4.78 is 1.07. The summed E-state index contributed by atoms with van der Waals surface area (Å²) in [7, 11) is 0. The number of nitrogens with zero attached hydrogens (tertiary/aromatic N) is 2. The minimum atomic E-state index is -0.0953. The third kappa shape index (κ3) is 3.98. The van der Waals surface area contributed by atoms with Crippen LogP contribution in [-0.4, -0.2) is 41.5 Å². The van der Waals surface area contributed by atoms with Crippen molar-refractivity contribution in [2.45, 2.75) is 19.8 Å². The Balaban J connectivity index is 1.52. The Bertz CT molecular complexity index is 674. The zero-order chi connectivity index (χ0) is 16.2. The van der Waals surface area contributed by atoms with Gasteiger partial charge in [-0.1, -0.05) is 23.5 Å². The van der Waals surface area contributed by atoms with Gasteiger partial charge in [0.2, 0.25) is 5.91 Å². The predicted molar refractivity (Wildman–Crippen MR) is 91.6 cm³/mol. The van der Waals surface area contributed by atoms with Crippen LogP contribution < -0.4 is 10.6 Å². The molecular weight excluding hydrogens is 312 g/mol. The smallest absolute Gasteiger partial charge is 0.323 e. The van der Waals surface area contributed by atoms with Crippen LogP contribution in [0, 0.1) is 5.92 Å². The lowest BCUT2D eigenvalue weighted by Crippen LogP contribution is -2.43. The third-order valence-corrected chi connectivity index (χ3v) is 5.00. The number of anilines is 1. The molecule has 0 aliphatic carbocycles. The number of para-hydroxylation sites is 1. The number of aromatic nitrogens is 1. The molecule has 2 heterocycles. The van der Waals surface area contributed by atoms with Crippen molar-refractivity contribution >= 4 is 38.6 Å². The molecule has 1 aromatic heterocycles. The lowest BCUT2D eigenvalue weighted by molar-refractivity contribution is -0.119. The monoisotopic (exact) mass is 332 g/mol. The first kappa shape index (κ1) is 15.7. The van der Waals surface area contributed by atoms with E-state index in [0.29, 0.717) is 30.7 Å². The Labute approximate surface area is 138 Å². The first-order valence-electron chi connectivity index (χ1n) is 7.78. The maximum Gasteiger partial charge on any atom is 0.323 e. The van der Waals surface area contributed by atoms with Gasteiger partial charge in [-0.15, -0.1) is 0 Å². The number of amides is 3. The summed E-state index contributed by atoms with van der Waals surface area (Å²) in [6, 6.07) is 7.74. The van der Waals surface area contributed by atoms with Crippen LogP contribution in [-0.2, 0) is 4.79 Å². The quantitative estimate of drug-likeness (QED) is 0.907. The fourth-order valence-corrected chi connectivity index (χ4v) is 3.58. The van der Waals surface area contributed by atoms with Crippen LogP contribution in [0.25, 0.3) is 10.2 Å². The van der Waals surface area contributed by atoms with Crippen LogP contribution in [0.2, 0.25) is 0 Å². The molecule has 1 aliphatic heterocycles. The molecule has 1 fully saturated rings. The molecule has 2 N–H and O–H groups in total. The van der Waals surface area contributed by atoms with Gasteiger partial charge in [-0.3, -0.25) is 10.1 Å². The van der Waals surface area contributed by atoms with E-state index in [1.165, 1.54) is 18.3 Å². The van der Waals surface area contributed by atoms with Crippen LogP contribution in [0.1, 0.15) is 19.8 Å². The minimum absolute atomic E-state index is 0.000934. The molecule has 1 aromatic carbocycles. The summed E-state index contributed by atoms with van der Waals surface area (Å²) in [6.45, 7) is 3.64. The average Bonchev–Trinajstić information content (AvgIpc) is 2.95. The van der Waals surface area contributed by atoms with Gasteiger partial charge in [0.15, 0.2) is 5.13 Å². The Kier molecular flexibility index (Phi) is 4.76. The van der Waals surface area contributed by atoms with Crippen molar-refractivity contribution in [3.8, 4) is 0 Å². The highest BCUT2D eigenvalue weighted by Crippen LogP contribution is 2.26. The molecule has 3 amide bonds. The molecule has 7 heteroatoms. The number of likely N-dealkylation sites (tertiary alicyclic amines) is 1. The van der Waals surface area contributed by atoms with Gasteiger partial charge >= 0.3 is 6.03 Å². The van der Waals surface area contributed by atoms with E-state index in [1.807, 2.05) is 29.2 Å². The van der Waals surface area contributed by atoms with Crippen LogP contribution in [0.4, 0.5) is 9.93 Å². The average molecular weight is 332 g/mol. The number of urea groups is 1. The van der Waals surface area contributed by atoms with Crippen molar-refractivity contribution in [2.24, 2.45) is 5.92 Å². The van der Waals surface area contributed by atoms with E-state index in [2.05, 4.69) is 15.6 Å². The minimum Gasteiger partial charge on any atom is -0.356 e. The van der Waals surface area contributed by atoms with Crippen LogP contribution in [0.5, 0.6) is 0 Å². The molecule has 0 bridgehead atoms. The van der Waals surface area contributed by atoms with Crippen molar-refractivity contribution in [1.29, 1.82) is 0 Å². The second-order valence-corrected chi connectivity index (χ2v) is 6.82. The standard InChI is InChI=1S/C16H20N4O2S/c1-11(21)17-10-12-6-8-20(9-7-12)16(22)19-15-18-13-4-2-3-5-14(13)23-15/h2-5,12H,6-10H2,1H3,(H,17,21)(H,18,19,22). The molecular formula is C16H20N4O2S. The maximum absolute atomic E-state index is 12.3. The van der Waals surface area contributed by atoms with Gasteiger partial charge in [0, 0.05) is 26.6 Å². The number of benzene rings is 1. The van der Waals surface area contributed by atoms with E-state index in [4.69, 9.17) is 0 Å². The third-order valence-electron chi connectivity index (χ3n) is 4.05. The Morgan fingerprint density at radius 3 is 2.74 bits per heavy atom. The van der Waals surface area contributed by atoms with E-state index >= 15 is 0 Å². The van der Waals surface area contributed by atoms with Crippen molar-refractivity contribution in [2.75, 3.05) is 25.0 Å². The van der Waals surface area contributed by atoms with E-state index in [0.717, 1.165) is 23.1 Å². The molecule has 122 valence electrons. The summed E-state index contributed by atoms with van der Waals surface area (Å²) in [5.41, 5.74) is 0.904. The number of hydrogen-bond donors (Lipinski definition) is 2. The molecule has 0 radical (unpaired) electrons. The van der Waals surface area contributed by atoms with E-state index in [1.54, 1.807) is 0 Å².